The molecule has 0 aliphatic heterocycles. The van der Waals surface area contributed by atoms with Gasteiger partial charge in [-0.15, -0.1) is 11.3 Å². The van der Waals surface area contributed by atoms with Crippen LogP contribution in [0, 0.1) is 6.92 Å². The molecule has 4 nitrogen and oxygen atoms in total. The highest BCUT2D eigenvalue weighted by Crippen LogP contribution is 2.12. The van der Waals surface area contributed by atoms with Crippen molar-refractivity contribution >= 4 is 23.2 Å². The smallest absolute Gasteiger partial charge is 0.335 e. The zero-order chi connectivity index (χ0) is 14.5. The fourth-order valence-electron chi connectivity index (χ4n) is 1.80. The van der Waals surface area contributed by atoms with Crippen LogP contribution in [0.1, 0.15) is 31.2 Å². The second-order valence-electron chi connectivity index (χ2n) is 4.26. The predicted octanol–water partition coefficient (Wildman–Crippen LogP) is 2.60. The van der Waals surface area contributed by atoms with Gasteiger partial charge in [-0.05, 0) is 48.6 Å². The number of thiophene rings is 1. The zero-order valence-electron chi connectivity index (χ0n) is 10.8. The standard InChI is InChI=1S/C15H14NO3S/c1-10-9-11(4-5-13(10)15(18)19)14(17)16-7-6-12-3-2-8-20-12/h2-5,8-9H,1,6-7H2,(H,16,17)(H,18,19). The van der Waals surface area contributed by atoms with Crippen LogP contribution in [0.15, 0.2) is 35.7 Å². The van der Waals surface area contributed by atoms with Gasteiger partial charge in [0.2, 0.25) is 0 Å². The summed E-state index contributed by atoms with van der Waals surface area (Å²) in [6.45, 7) is 4.19. The summed E-state index contributed by atoms with van der Waals surface area (Å²) in [5.41, 5.74) is 0.870. The van der Waals surface area contributed by atoms with Gasteiger partial charge < -0.3 is 10.4 Å². The Kier molecular flexibility index (Phi) is 4.53. The summed E-state index contributed by atoms with van der Waals surface area (Å²) >= 11 is 1.65. The summed E-state index contributed by atoms with van der Waals surface area (Å²) < 4.78 is 0. The Bertz CT molecular complexity index is 620. The highest BCUT2D eigenvalue weighted by molar-refractivity contribution is 7.09. The molecule has 0 saturated heterocycles. The quantitative estimate of drug-likeness (QED) is 0.888. The molecule has 1 amide bonds. The lowest BCUT2D eigenvalue weighted by molar-refractivity contribution is 0.0695. The number of carbonyl (C=O) groups is 2. The van der Waals surface area contributed by atoms with Crippen molar-refractivity contribution in [2.24, 2.45) is 0 Å². The van der Waals surface area contributed by atoms with E-state index in [2.05, 4.69) is 12.2 Å². The number of hydrogen-bond donors (Lipinski definition) is 2. The normalized spacial score (nSPS) is 10.2. The van der Waals surface area contributed by atoms with Crippen molar-refractivity contribution < 1.29 is 14.7 Å². The van der Waals surface area contributed by atoms with Crippen LogP contribution in [0.2, 0.25) is 0 Å². The SMILES string of the molecule is [CH2]c1cc(C(=O)NCCc2cccs2)ccc1C(=O)O. The van der Waals surface area contributed by atoms with Gasteiger partial charge in [0.25, 0.3) is 5.91 Å². The third-order valence-electron chi connectivity index (χ3n) is 2.83. The molecule has 0 aliphatic carbocycles. The van der Waals surface area contributed by atoms with Gasteiger partial charge >= 0.3 is 5.97 Å². The van der Waals surface area contributed by atoms with Crippen molar-refractivity contribution in [2.75, 3.05) is 6.54 Å². The Hall–Kier alpha value is -2.14. The molecule has 2 aromatic rings. The van der Waals surface area contributed by atoms with E-state index in [9.17, 15) is 9.59 Å². The fourth-order valence-corrected chi connectivity index (χ4v) is 2.51. The molecule has 0 fully saturated rings. The average Bonchev–Trinajstić information content (AvgIpc) is 2.91. The minimum atomic E-state index is -1.04. The topological polar surface area (TPSA) is 66.4 Å². The van der Waals surface area contributed by atoms with Gasteiger partial charge in [0.15, 0.2) is 0 Å². The number of carboxylic acids is 1. The molecule has 0 saturated carbocycles. The van der Waals surface area contributed by atoms with E-state index < -0.39 is 5.97 Å². The van der Waals surface area contributed by atoms with Crippen molar-refractivity contribution in [3.05, 3.63) is 64.2 Å². The lowest BCUT2D eigenvalue weighted by atomic mass is 10.0. The van der Waals surface area contributed by atoms with Crippen molar-refractivity contribution in [3.63, 3.8) is 0 Å². The number of nitrogens with one attached hydrogen (secondary N) is 1. The second kappa shape index (κ2) is 6.34. The van der Waals surface area contributed by atoms with Gasteiger partial charge in [-0.1, -0.05) is 6.07 Å². The summed E-state index contributed by atoms with van der Waals surface area (Å²) in [7, 11) is 0. The lowest BCUT2D eigenvalue weighted by Crippen LogP contribution is -2.25. The summed E-state index contributed by atoms with van der Waals surface area (Å²) in [6, 6.07) is 8.38. The van der Waals surface area contributed by atoms with Crippen LogP contribution >= 0.6 is 11.3 Å². The van der Waals surface area contributed by atoms with Crippen molar-refractivity contribution in [2.45, 2.75) is 6.42 Å². The van der Waals surface area contributed by atoms with Crippen molar-refractivity contribution in [1.82, 2.24) is 5.32 Å². The Morgan fingerprint density at radius 2 is 2.10 bits per heavy atom. The van der Waals surface area contributed by atoms with Gasteiger partial charge in [0.05, 0.1) is 5.56 Å². The zero-order valence-corrected chi connectivity index (χ0v) is 11.6. The molecule has 5 heteroatoms. The molecule has 2 rings (SSSR count). The number of aromatic carboxylic acids is 1. The third kappa shape index (κ3) is 3.45. The Morgan fingerprint density at radius 3 is 2.70 bits per heavy atom. The maximum absolute atomic E-state index is 11.9. The molecule has 0 bridgehead atoms. The first-order valence-corrected chi connectivity index (χ1v) is 6.96. The first kappa shape index (κ1) is 14.3. The highest BCUT2D eigenvalue weighted by atomic mass is 32.1. The largest absolute Gasteiger partial charge is 0.478 e. The van der Waals surface area contributed by atoms with Crippen molar-refractivity contribution in [3.8, 4) is 0 Å². The van der Waals surface area contributed by atoms with Crippen LogP contribution in [-0.2, 0) is 6.42 Å². The maximum Gasteiger partial charge on any atom is 0.335 e. The molecule has 0 aliphatic rings. The Morgan fingerprint density at radius 1 is 1.30 bits per heavy atom. The first-order valence-electron chi connectivity index (χ1n) is 6.08. The van der Waals surface area contributed by atoms with Crippen LogP contribution in [0.25, 0.3) is 0 Å². The summed E-state index contributed by atoms with van der Waals surface area (Å²) in [5, 5.41) is 13.7. The van der Waals surface area contributed by atoms with E-state index in [1.807, 2.05) is 17.5 Å². The minimum Gasteiger partial charge on any atom is -0.478 e. The van der Waals surface area contributed by atoms with E-state index in [1.54, 1.807) is 11.3 Å². The molecule has 1 radical (unpaired) electrons. The Balaban J connectivity index is 1.95. The van der Waals surface area contributed by atoms with Gasteiger partial charge in [-0.2, -0.15) is 0 Å². The van der Waals surface area contributed by atoms with Crippen LogP contribution in [-0.4, -0.2) is 23.5 Å². The minimum absolute atomic E-state index is 0.111. The molecule has 1 aromatic heterocycles. The molecule has 1 heterocycles. The second-order valence-corrected chi connectivity index (χ2v) is 5.29. The Labute approximate surface area is 121 Å². The number of rotatable bonds is 5. The van der Waals surface area contributed by atoms with E-state index in [-0.39, 0.29) is 11.5 Å². The molecule has 0 unspecified atom stereocenters. The van der Waals surface area contributed by atoms with Crippen LogP contribution < -0.4 is 5.32 Å². The van der Waals surface area contributed by atoms with Gasteiger partial charge in [-0.3, -0.25) is 4.79 Å². The molecular weight excluding hydrogens is 274 g/mol. The first-order chi connectivity index (χ1) is 9.58. The number of amides is 1. The van der Waals surface area contributed by atoms with E-state index in [1.165, 1.54) is 23.1 Å². The maximum atomic E-state index is 11.9. The summed E-state index contributed by atoms with van der Waals surface area (Å²) in [5.74, 6) is -1.26. The third-order valence-corrected chi connectivity index (χ3v) is 3.77. The van der Waals surface area contributed by atoms with Gasteiger partial charge in [-0.25, -0.2) is 4.79 Å². The fraction of sp³-hybridized carbons (Fsp3) is 0.133. The number of benzene rings is 1. The summed E-state index contributed by atoms with van der Waals surface area (Å²) in [4.78, 5) is 24.0. The van der Waals surface area contributed by atoms with E-state index >= 15 is 0 Å². The molecule has 20 heavy (non-hydrogen) atoms. The van der Waals surface area contributed by atoms with Crippen LogP contribution in [0.4, 0.5) is 0 Å². The average molecular weight is 288 g/mol. The molecular formula is C15H14NO3S. The molecule has 1 aromatic carbocycles. The van der Waals surface area contributed by atoms with E-state index in [0.29, 0.717) is 17.7 Å². The highest BCUT2D eigenvalue weighted by Gasteiger charge is 2.11. The summed E-state index contributed by atoms with van der Waals surface area (Å²) in [6.07, 6.45) is 0.786. The predicted molar refractivity (Wildman–Crippen MR) is 78.2 cm³/mol. The monoisotopic (exact) mass is 288 g/mol. The number of carbonyl (C=O) groups excluding carboxylic acids is 1. The van der Waals surface area contributed by atoms with Gasteiger partial charge in [0, 0.05) is 17.0 Å². The van der Waals surface area contributed by atoms with Crippen LogP contribution in [0.5, 0.6) is 0 Å². The molecule has 0 atom stereocenters. The van der Waals surface area contributed by atoms with Crippen molar-refractivity contribution in [1.29, 1.82) is 0 Å². The molecule has 103 valence electrons. The molecule has 0 spiro atoms. The van der Waals surface area contributed by atoms with E-state index in [0.717, 1.165) is 6.42 Å². The molecule has 2 N–H and O–H groups in total. The number of carboxylic acid groups (broad SMARTS) is 1. The van der Waals surface area contributed by atoms with E-state index in [4.69, 9.17) is 5.11 Å². The number of hydrogen-bond acceptors (Lipinski definition) is 3. The van der Waals surface area contributed by atoms with Crippen LogP contribution in [0.3, 0.4) is 0 Å². The van der Waals surface area contributed by atoms with Gasteiger partial charge in [0.1, 0.15) is 0 Å². The lowest BCUT2D eigenvalue weighted by Gasteiger charge is -2.06.